The molecule has 0 N–H and O–H groups in total. The Morgan fingerprint density at radius 2 is 2.15 bits per heavy atom. The first kappa shape index (κ1) is 16.6. The van der Waals surface area contributed by atoms with E-state index < -0.39 is 0 Å². The molecule has 0 bridgehead atoms. The number of benzene rings is 1. The summed E-state index contributed by atoms with van der Waals surface area (Å²) in [5, 5.41) is 5.65. The minimum atomic E-state index is -0.283. The lowest BCUT2D eigenvalue weighted by atomic mass is 9.86. The van der Waals surface area contributed by atoms with E-state index in [0.29, 0.717) is 11.6 Å². The van der Waals surface area contributed by atoms with E-state index in [1.54, 1.807) is 34.3 Å². The number of halogens is 1. The molecule has 5 nitrogen and oxygen atoms in total. The number of aryl methyl sites for hydroxylation is 1. The Kier molecular flexibility index (Phi) is 4.04. The van der Waals surface area contributed by atoms with E-state index in [1.807, 2.05) is 0 Å². The maximum atomic E-state index is 13.0. The van der Waals surface area contributed by atoms with Crippen LogP contribution in [0.4, 0.5) is 4.39 Å². The van der Waals surface area contributed by atoms with Crippen molar-refractivity contribution in [2.24, 2.45) is 5.92 Å². The van der Waals surface area contributed by atoms with Gasteiger partial charge in [0.05, 0.1) is 5.39 Å². The standard InChI is InChI=1S/C20H19FN4OS/c1-2-12-3-8-15-16(9-12)27-20-18(15)19-23-17(24-25(19)11-22-20)10-26-14-6-4-13(21)5-7-14/h4-7,11-12H,2-3,8-10H2,1H3. The highest BCUT2D eigenvalue weighted by Crippen LogP contribution is 2.39. The average molecular weight is 382 g/mol. The first-order valence-corrected chi connectivity index (χ1v) is 10.1. The van der Waals surface area contributed by atoms with Crippen molar-refractivity contribution in [2.75, 3.05) is 0 Å². The second-order valence-electron chi connectivity index (χ2n) is 6.98. The Morgan fingerprint density at radius 3 is 2.96 bits per heavy atom. The van der Waals surface area contributed by atoms with Crippen LogP contribution in [0, 0.1) is 11.7 Å². The number of hydrogen-bond acceptors (Lipinski definition) is 5. The summed E-state index contributed by atoms with van der Waals surface area (Å²) >= 11 is 1.80. The van der Waals surface area contributed by atoms with Crippen LogP contribution < -0.4 is 4.74 Å². The summed E-state index contributed by atoms with van der Waals surface area (Å²) < 4.78 is 20.4. The minimum Gasteiger partial charge on any atom is -0.486 e. The Balaban J connectivity index is 1.49. The zero-order chi connectivity index (χ0) is 18.4. The number of nitrogens with zero attached hydrogens (tertiary/aromatic N) is 4. The lowest BCUT2D eigenvalue weighted by Crippen LogP contribution is -2.11. The van der Waals surface area contributed by atoms with E-state index in [2.05, 4.69) is 17.0 Å². The van der Waals surface area contributed by atoms with Crippen LogP contribution in [0.1, 0.15) is 36.0 Å². The molecule has 0 amide bonds. The molecule has 3 aromatic heterocycles. The molecule has 0 radical (unpaired) electrons. The first-order valence-electron chi connectivity index (χ1n) is 9.24. The molecule has 1 aliphatic rings. The van der Waals surface area contributed by atoms with E-state index in [1.165, 1.54) is 35.4 Å². The fourth-order valence-corrected chi connectivity index (χ4v) is 5.07. The predicted molar refractivity (Wildman–Crippen MR) is 103 cm³/mol. The van der Waals surface area contributed by atoms with Crippen LogP contribution >= 0.6 is 11.3 Å². The highest BCUT2D eigenvalue weighted by Gasteiger charge is 2.24. The van der Waals surface area contributed by atoms with Crippen molar-refractivity contribution < 1.29 is 9.13 Å². The average Bonchev–Trinajstić information content (AvgIpc) is 3.27. The Morgan fingerprint density at radius 1 is 1.30 bits per heavy atom. The number of ether oxygens (including phenoxy) is 1. The summed E-state index contributed by atoms with van der Waals surface area (Å²) in [6.07, 6.45) is 6.42. The second-order valence-corrected chi connectivity index (χ2v) is 8.07. The summed E-state index contributed by atoms with van der Waals surface area (Å²) in [4.78, 5) is 11.8. The molecule has 1 unspecified atom stereocenters. The third kappa shape index (κ3) is 2.96. The van der Waals surface area contributed by atoms with Gasteiger partial charge in [0.1, 0.15) is 29.3 Å². The number of fused-ring (bicyclic) bond motifs is 5. The minimum absolute atomic E-state index is 0.235. The fourth-order valence-electron chi connectivity index (χ4n) is 3.78. The summed E-state index contributed by atoms with van der Waals surface area (Å²) in [7, 11) is 0. The smallest absolute Gasteiger partial charge is 0.189 e. The maximum Gasteiger partial charge on any atom is 0.189 e. The van der Waals surface area contributed by atoms with Crippen molar-refractivity contribution >= 4 is 27.2 Å². The zero-order valence-corrected chi connectivity index (χ0v) is 15.8. The second kappa shape index (κ2) is 6.56. The van der Waals surface area contributed by atoms with Crippen LogP contribution in [0.5, 0.6) is 5.75 Å². The quantitative estimate of drug-likeness (QED) is 0.519. The number of rotatable bonds is 4. The van der Waals surface area contributed by atoms with Gasteiger partial charge in [0, 0.05) is 4.88 Å². The van der Waals surface area contributed by atoms with Gasteiger partial charge in [-0.05, 0) is 55.0 Å². The molecule has 3 heterocycles. The Labute approximate surface area is 159 Å². The third-order valence-corrected chi connectivity index (χ3v) is 6.45. The van der Waals surface area contributed by atoms with Crippen LogP contribution in [0.25, 0.3) is 15.9 Å². The Hall–Kier alpha value is -2.54. The van der Waals surface area contributed by atoms with Crippen LogP contribution in [0.3, 0.4) is 0 Å². The monoisotopic (exact) mass is 382 g/mol. The summed E-state index contributed by atoms with van der Waals surface area (Å²) in [6, 6.07) is 5.96. The van der Waals surface area contributed by atoms with Gasteiger partial charge in [0.25, 0.3) is 0 Å². The van der Waals surface area contributed by atoms with E-state index in [4.69, 9.17) is 9.72 Å². The molecule has 4 aromatic rings. The zero-order valence-electron chi connectivity index (χ0n) is 15.0. The summed E-state index contributed by atoms with van der Waals surface area (Å²) in [5.74, 6) is 1.68. The molecule has 1 aliphatic carbocycles. The van der Waals surface area contributed by atoms with Crippen molar-refractivity contribution in [2.45, 2.75) is 39.2 Å². The molecule has 1 aromatic carbocycles. The molecule has 0 fully saturated rings. The molecular weight excluding hydrogens is 363 g/mol. The van der Waals surface area contributed by atoms with Crippen LogP contribution in [-0.4, -0.2) is 19.6 Å². The van der Waals surface area contributed by atoms with Crippen LogP contribution in [0.2, 0.25) is 0 Å². The molecule has 5 rings (SSSR count). The predicted octanol–water partition coefficient (Wildman–Crippen LogP) is 4.57. The molecular formula is C20H19FN4OS. The van der Waals surface area contributed by atoms with Gasteiger partial charge in [0.15, 0.2) is 11.5 Å². The molecule has 0 aliphatic heterocycles. The fraction of sp³-hybridized carbons (Fsp3) is 0.350. The lowest BCUT2D eigenvalue weighted by Gasteiger charge is -2.20. The molecule has 1 atom stereocenters. The van der Waals surface area contributed by atoms with Crippen molar-refractivity contribution in [1.29, 1.82) is 0 Å². The van der Waals surface area contributed by atoms with Gasteiger partial charge < -0.3 is 4.74 Å². The van der Waals surface area contributed by atoms with Gasteiger partial charge >= 0.3 is 0 Å². The molecule has 7 heteroatoms. The van der Waals surface area contributed by atoms with Gasteiger partial charge in [-0.3, -0.25) is 0 Å². The van der Waals surface area contributed by atoms with Crippen molar-refractivity contribution in [3.05, 3.63) is 52.7 Å². The van der Waals surface area contributed by atoms with E-state index in [9.17, 15) is 4.39 Å². The topological polar surface area (TPSA) is 52.3 Å². The molecule has 0 spiro atoms. The molecule has 27 heavy (non-hydrogen) atoms. The van der Waals surface area contributed by atoms with E-state index in [-0.39, 0.29) is 12.4 Å². The van der Waals surface area contributed by atoms with Crippen LogP contribution in [0.15, 0.2) is 30.6 Å². The van der Waals surface area contributed by atoms with E-state index in [0.717, 1.165) is 34.6 Å². The summed E-state index contributed by atoms with van der Waals surface area (Å²) in [5.41, 5.74) is 2.25. The highest BCUT2D eigenvalue weighted by atomic mass is 32.1. The number of hydrogen-bond donors (Lipinski definition) is 0. The van der Waals surface area contributed by atoms with Gasteiger partial charge in [-0.25, -0.2) is 18.9 Å². The van der Waals surface area contributed by atoms with Crippen molar-refractivity contribution in [1.82, 2.24) is 19.6 Å². The van der Waals surface area contributed by atoms with Gasteiger partial charge in [-0.1, -0.05) is 13.3 Å². The van der Waals surface area contributed by atoms with Crippen LogP contribution in [-0.2, 0) is 19.4 Å². The normalized spacial score (nSPS) is 16.7. The van der Waals surface area contributed by atoms with Gasteiger partial charge in [-0.2, -0.15) is 0 Å². The molecule has 138 valence electrons. The Bertz CT molecular complexity index is 1120. The third-order valence-electron chi connectivity index (χ3n) is 5.29. The molecule has 0 saturated carbocycles. The highest BCUT2D eigenvalue weighted by molar-refractivity contribution is 7.19. The maximum absolute atomic E-state index is 13.0. The number of thiophene rings is 1. The van der Waals surface area contributed by atoms with E-state index >= 15 is 0 Å². The first-order chi connectivity index (χ1) is 13.2. The van der Waals surface area contributed by atoms with Crippen molar-refractivity contribution in [3.8, 4) is 5.75 Å². The largest absolute Gasteiger partial charge is 0.486 e. The SMILES string of the molecule is CCC1CCc2c(sc3ncn4nc(COc5ccc(F)cc5)nc4c23)C1. The number of aromatic nitrogens is 4. The summed E-state index contributed by atoms with van der Waals surface area (Å²) in [6.45, 7) is 2.50. The lowest BCUT2D eigenvalue weighted by molar-refractivity contribution is 0.295. The van der Waals surface area contributed by atoms with Gasteiger partial charge in [0.2, 0.25) is 0 Å². The molecule has 0 saturated heterocycles. The van der Waals surface area contributed by atoms with Gasteiger partial charge in [-0.15, -0.1) is 16.4 Å². The van der Waals surface area contributed by atoms with Crippen molar-refractivity contribution in [3.63, 3.8) is 0 Å².